The monoisotopic (exact) mass is 282 g/mol. The average molecular weight is 282 g/mol. The first kappa shape index (κ1) is 14.2. The Morgan fingerprint density at radius 3 is 2.85 bits per heavy atom. The molecule has 0 bridgehead atoms. The van der Waals surface area contributed by atoms with E-state index in [4.69, 9.17) is 4.74 Å². The van der Waals surface area contributed by atoms with Crippen molar-refractivity contribution in [2.75, 3.05) is 19.6 Å². The van der Waals surface area contributed by atoms with Crippen molar-refractivity contribution in [1.82, 2.24) is 20.2 Å². The quantitative estimate of drug-likeness (QED) is 0.822. The Bertz CT molecular complexity index is 494. The molecule has 1 aliphatic rings. The molecule has 7 nitrogen and oxygen atoms in total. The van der Waals surface area contributed by atoms with Gasteiger partial charge in [-0.2, -0.15) is 0 Å². The van der Waals surface area contributed by atoms with E-state index in [9.17, 15) is 14.0 Å². The fourth-order valence-corrected chi connectivity index (χ4v) is 1.87. The van der Waals surface area contributed by atoms with Crippen LogP contribution in [-0.2, 0) is 9.59 Å². The molecule has 1 N–H and O–H groups in total. The van der Waals surface area contributed by atoms with Gasteiger partial charge in [0.15, 0.2) is 5.82 Å². The van der Waals surface area contributed by atoms with Gasteiger partial charge in [-0.25, -0.2) is 14.4 Å². The van der Waals surface area contributed by atoms with Crippen LogP contribution in [0.3, 0.4) is 0 Å². The van der Waals surface area contributed by atoms with Gasteiger partial charge in [0.1, 0.15) is 6.10 Å². The first-order valence-electron chi connectivity index (χ1n) is 6.21. The van der Waals surface area contributed by atoms with Crippen molar-refractivity contribution in [1.29, 1.82) is 0 Å². The van der Waals surface area contributed by atoms with Crippen LogP contribution < -0.4 is 10.1 Å². The number of hydrogen-bond donors (Lipinski definition) is 1. The van der Waals surface area contributed by atoms with Crippen molar-refractivity contribution in [2.24, 2.45) is 0 Å². The third-order valence-corrected chi connectivity index (χ3v) is 2.85. The van der Waals surface area contributed by atoms with Crippen LogP contribution in [0.15, 0.2) is 12.4 Å². The van der Waals surface area contributed by atoms with Crippen LogP contribution in [0.1, 0.15) is 13.3 Å². The van der Waals surface area contributed by atoms with Gasteiger partial charge in [-0.15, -0.1) is 0 Å². The summed E-state index contributed by atoms with van der Waals surface area (Å²) in [6, 6.07) is 0.0903. The van der Waals surface area contributed by atoms with Gasteiger partial charge in [0.2, 0.25) is 11.8 Å². The second-order valence-corrected chi connectivity index (χ2v) is 4.46. The van der Waals surface area contributed by atoms with E-state index >= 15 is 0 Å². The molecule has 2 heterocycles. The third kappa shape index (κ3) is 3.87. The molecular weight excluding hydrogens is 267 g/mol. The highest BCUT2D eigenvalue weighted by molar-refractivity contribution is 5.83. The van der Waals surface area contributed by atoms with Gasteiger partial charge in [0.25, 0.3) is 0 Å². The van der Waals surface area contributed by atoms with E-state index in [2.05, 4.69) is 15.3 Å². The second-order valence-electron chi connectivity index (χ2n) is 4.46. The predicted octanol–water partition coefficient (Wildman–Crippen LogP) is -0.268. The smallest absolute Gasteiger partial charge is 0.316 e. The summed E-state index contributed by atoms with van der Waals surface area (Å²) in [4.78, 5) is 31.5. The topological polar surface area (TPSA) is 84.4 Å². The number of aromatic nitrogens is 2. The van der Waals surface area contributed by atoms with Crippen LogP contribution in [0.2, 0.25) is 0 Å². The fourth-order valence-electron chi connectivity index (χ4n) is 1.87. The standard InChI is InChI=1S/C12H15FN4O3/c1-8(18)14-6-11(19)17-3-2-10(7-17)20-12-15-4-9(13)5-16-12/h4-5,10H,2-3,6-7H2,1H3,(H,14,18). The van der Waals surface area contributed by atoms with Crippen molar-refractivity contribution in [2.45, 2.75) is 19.4 Å². The Labute approximate surface area is 115 Å². The first-order valence-corrected chi connectivity index (χ1v) is 6.21. The lowest BCUT2D eigenvalue weighted by atomic mass is 10.3. The van der Waals surface area contributed by atoms with Crippen molar-refractivity contribution in [3.8, 4) is 6.01 Å². The Balaban J connectivity index is 1.81. The molecular formula is C12H15FN4O3. The largest absolute Gasteiger partial charge is 0.458 e. The van der Waals surface area contributed by atoms with Gasteiger partial charge in [-0.1, -0.05) is 0 Å². The van der Waals surface area contributed by atoms with E-state index in [0.29, 0.717) is 19.5 Å². The molecule has 1 unspecified atom stereocenters. The zero-order valence-electron chi connectivity index (χ0n) is 11.0. The van der Waals surface area contributed by atoms with Crippen LogP contribution in [0.5, 0.6) is 6.01 Å². The summed E-state index contributed by atoms with van der Waals surface area (Å²) in [6.07, 6.45) is 2.47. The number of ether oxygens (including phenoxy) is 1. The molecule has 20 heavy (non-hydrogen) atoms. The number of nitrogens with zero attached hydrogens (tertiary/aromatic N) is 3. The van der Waals surface area contributed by atoms with Gasteiger partial charge >= 0.3 is 6.01 Å². The summed E-state index contributed by atoms with van der Waals surface area (Å²) in [7, 11) is 0. The zero-order valence-corrected chi connectivity index (χ0v) is 11.0. The molecule has 108 valence electrons. The summed E-state index contributed by atoms with van der Waals surface area (Å²) in [6.45, 7) is 2.29. The lowest BCUT2D eigenvalue weighted by Gasteiger charge is -2.16. The van der Waals surface area contributed by atoms with Gasteiger partial charge in [0, 0.05) is 19.9 Å². The number of halogens is 1. The molecule has 1 atom stereocenters. The number of carbonyl (C=O) groups is 2. The highest BCUT2D eigenvalue weighted by Gasteiger charge is 2.28. The van der Waals surface area contributed by atoms with Crippen molar-refractivity contribution in [3.05, 3.63) is 18.2 Å². The zero-order chi connectivity index (χ0) is 14.5. The summed E-state index contributed by atoms with van der Waals surface area (Å²) in [5.74, 6) is -0.938. The fraction of sp³-hybridized carbons (Fsp3) is 0.500. The van der Waals surface area contributed by atoms with Crippen LogP contribution in [0, 0.1) is 5.82 Å². The maximum atomic E-state index is 12.7. The third-order valence-electron chi connectivity index (χ3n) is 2.85. The van der Waals surface area contributed by atoms with Gasteiger partial charge in [0.05, 0.1) is 25.5 Å². The van der Waals surface area contributed by atoms with Crippen molar-refractivity contribution >= 4 is 11.8 Å². The molecule has 2 rings (SSSR count). The van der Waals surface area contributed by atoms with Crippen LogP contribution >= 0.6 is 0 Å². The molecule has 0 aromatic carbocycles. The minimum Gasteiger partial charge on any atom is -0.458 e. The maximum absolute atomic E-state index is 12.7. The highest BCUT2D eigenvalue weighted by atomic mass is 19.1. The van der Waals surface area contributed by atoms with Gasteiger partial charge < -0.3 is 15.0 Å². The first-order chi connectivity index (χ1) is 9.54. The lowest BCUT2D eigenvalue weighted by Crippen LogP contribution is -2.39. The molecule has 0 spiro atoms. The molecule has 1 aliphatic heterocycles. The van der Waals surface area contributed by atoms with E-state index in [-0.39, 0.29) is 30.5 Å². The molecule has 1 fully saturated rings. The minimum atomic E-state index is -0.532. The average Bonchev–Trinajstić information content (AvgIpc) is 2.87. The number of amides is 2. The Morgan fingerprint density at radius 1 is 1.50 bits per heavy atom. The number of rotatable bonds is 4. The van der Waals surface area contributed by atoms with Gasteiger partial charge in [-0.05, 0) is 0 Å². The van der Waals surface area contributed by atoms with Crippen molar-refractivity contribution in [3.63, 3.8) is 0 Å². The Morgan fingerprint density at radius 2 is 2.20 bits per heavy atom. The molecule has 8 heteroatoms. The SMILES string of the molecule is CC(=O)NCC(=O)N1CCC(Oc2ncc(F)cn2)C1. The maximum Gasteiger partial charge on any atom is 0.316 e. The Hall–Kier alpha value is -2.25. The molecule has 1 aromatic rings. The lowest BCUT2D eigenvalue weighted by molar-refractivity contribution is -0.131. The summed E-state index contributed by atoms with van der Waals surface area (Å²) in [5, 5.41) is 2.46. The molecule has 0 aliphatic carbocycles. The molecule has 1 saturated heterocycles. The molecule has 0 radical (unpaired) electrons. The minimum absolute atomic E-state index is 0.0187. The number of hydrogen-bond acceptors (Lipinski definition) is 5. The van der Waals surface area contributed by atoms with E-state index in [1.807, 2.05) is 0 Å². The van der Waals surface area contributed by atoms with E-state index in [1.54, 1.807) is 4.90 Å². The number of carbonyl (C=O) groups excluding carboxylic acids is 2. The molecule has 2 amide bonds. The van der Waals surface area contributed by atoms with E-state index in [1.165, 1.54) is 6.92 Å². The van der Waals surface area contributed by atoms with Crippen LogP contribution in [-0.4, -0.2) is 52.4 Å². The van der Waals surface area contributed by atoms with Crippen LogP contribution in [0.4, 0.5) is 4.39 Å². The highest BCUT2D eigenvalue weighted by Crippen LogP contribution is 2.14. The number of nitrogens with one attached hydrogen (secondary N) is 1. The van der Waals surface area contributed by atoms with Crippen LogP contribution in [0.25, 0.3) is 0 Å². The Kier molecular flexibility index (Phi) is 4.44. The normalized spacial score (nSPS) is 17.9. The molecule has 1 aromatic heterocycles. The van der Waals surface area contributed by atoms with Gasteiger partial charge in [-0.3, -0.25) is 9.59 Å². The van der Waals surface area contributed by atoms with E-state index in [0.717, 1.165) is 12.4 Å². The predicted molar refractivity (Wildman–Crippen MR) is 66.3 cm³/mol. The van der Waals surface area contributed by atoms with E-state index < -0.39 is 5.82 Å². The summed E-state index contributed by atoms with van der Waals surface area (Å²) >= 11 is 0. The van der Waals surface area contributed by atoms with Crippen molar-refractivity contribution < 1.29 is 18.7 Å². The summed E-state index contributed by atoms with van der Waals surface area (Å²) < 4.78 is 18.1. The molecule has 0 saturated carbocycles. The summed E-state index contributed by atoms with van der Waals surface area (Å²) in [5.41, 5.74) is 0. The second kappa shape index (κ2) is 6.27. The number of likely N-dealkylation sites (tertiary alicyclic amines) is 1.